The van der Waals surface area contributed by atoms with Crippen molar-refractivity contribution in [3.05, 3.63) is 35.9 Å². The van der Waals surface area contributed by atoms with Gasteiger partial charge in [0.05, 0.1) is 12.1 Å². The van der Waals surface area contributed by atoms with Gasteiger partial charge in [-0.05, 0) is 28.8 Å². The maximum Gasteiger partial charge on any atom is 0.209 e. The van der Waals surface area contributed by atoms with Gasteiger partial charge in [-0.1, -0.05) is 61.4 Å². The first-order chi connectivity index (χ1) is 10.3. The highest BCUT2D eigenvalue weighted by atomic mass is 32.2. The van der Waals surface area contributed by atoms with Crippen molar-refractivity contribution >= 4 is 11.8 Å². The maximum absolute atomic E-state index is 10.2. The zero-order valence-electron chi connectivity index (χ0n) is 11.9. The summed E-state index contributed by atoms with van der Waals surface area (Å²) in [5.41, 5.74) is 0.932. The van der Waals surface area contributed by atoms with Crippen LogP contribution < -0.4 is 0 Å². The summed E-state index contributed by atoms with van der Waals surface area (Å²) in [5, 5.41) is 23.1. The third kappa shape index (κ3) is 3.63. The lowest BCUT2D eigenvalue weighted by atomic mass is 9.96. The van der Waals surface area contributed by atoms with E-state index in [-0.39, 0.29) is 0 Å². The molecule has 0 unspecified atom stereocenters. The molecule has 1 N–H and O–H groups in total. The van der Waals surface area contributed by atoms with Crippen LogP contribution in [0.1, 0.15) is 49.8 Å². The Kier molecular flexibility index (Phi) is 4.87. The van der Waals surface area contributed by atoms with E-state index in [1.165, 1.54) is 31.0 Å². The van der Waals surface area contributed by atoms with Crippen molar-refractivity contribution in [2.24, 2.45) is 0 Å². The fourth-order valence-electron chi connectivity index (χ4n) is 2.76. The molecule has 3 rings (SSSR count). The Labute approximate surface area is 128 Å². The predicted molar refractivity (Wildman–Crippen MR) is 82.1 cm³/mol. The van der Waals surface area contributed by atoms with Gasteiger partial charge in [-0.15, -0.1) is 5.10 Å². The van der Waals surface area contributed by atoms with Gasteiger partial charge in [0.2, 0.25) is 5.16 Å². The van der Waals surface area contributed by atoms with Gasteiger partial charge < -0.3 is 5.11 Å². The third-order valence-corrected chi connectivity index (χ3v) is 4.95. The monoisotopic (exact) mass is 304 g/mol. The molecule has 0 aliphatic heterocycles. The first-order valence-electron chi connectivity index (χ1n) is 7.48. The molecule has 1 aliphatic rings. The number of hydrogen-bond acceptors (Lipinski definition) is 5. The minimum absolute atomic E-state index is 0.421. The van der Waals surface area contributed by atoms with Crippen molar-refractivity contribution in [2.75, 3.05) is 5.75 Å². The van der Waals surface area contributed by atoms with Gasteiger partial charge in [0.15, 0.2) is 0 Å². The molecular formula is C15H20N4OS. The van der Waals surface area contributed by atoms with E-state index in [0.29, 0.717) is 11.8 Å². The van der Waals surface area contributed by atoms with Crippen LogP contribution >= 0.6 is 11.8 Å². The van der Waals surface area contributed by atoms with Gasteiger partial charge in [-0.25, -0.2) is 4.68 Å². The topological polar surface area (TPSA) is 63.8 Å². The molecule has 0 spiro atoms. The van der Waals surface area contributed by atoms with E-state index in [2.05, 4.69) is 15.5 Å². The molecule has 1 fully saturated rings. The lowest BCUT2D eigenvalue weighted by molar-refractivity contribution is 0.204. The molecule has 6 heteroatoms. The fraction of sp³-hybridized carbons (Fsp3) is 0.533. The molecule has 112 valence electrons. The van der Waals surface area contributed by atoms with E-state index >= 15 is 0 Å². The lowest BCUT2D eigenvalue weighted by Crippen LogP contribution is -2.15. The minimum atomic E-state index is -0.493. The molecule has 21 heavy (non-hydrogen) atoms. The van der Waals surface area contributed by atoms with Gasteiger partial charge in [0.1, 0.15) is 0 Å². The number of thioether (sulfide) groups is 1. The second-order valence-corrected chi connectivity index (χ2v) is 6.42. The average Bonchev–Trinajstić information content (AvgIpc) is 3.03. The van der Waals surface area contributed by atoms with Crippen molar-refractivity contribution in [1.29, 1.82) is 0 Å². The van der Waals surface area contributed by atoms with Crippen molar-refractivity contribution in [3.63, 3.8) is 0 Å². The molecule has 2 aromatic rings. The lowest BCUT2D eigenvalue weighted by Gasteiger charge is -2.22. The third-order valence-electron chi connectivity index (χ3n) is 3.94. The molecule has 0 bridgehead atoms. The molecule has 0 amide bonds. The molecule has 0 saturated heterocycles. The van der Waals surface area contributed by atoms with Gasteiger partial charge in [-0.3, -0.25) is 0 Å². The Hall–Kier alpha value is -1.40. The Balaban J connectivity index is 1.62. The first-order valence-corrected chi connectivity index (χ1v) is 8.47. The largest absolute Gasteiger partial charge is 0.388 e. The molecular weight excluding hydrogens is 284 g/mol. The number of nitrogens with zero attached hydrogens (tertiary/aromatic N) is 4. The number of aromatic nitrogens is 4. The summed E-state index contributed by atoms with van der Waals surface area (Å²) in [4.78, 5) is 0. The summed E-state index contributed by atoms with van der Waals surface area (Å²) in [7, 11) is 0. The SMILES string of the molecule is O[C@H](CSc1nnnn1C1CCCCC1)c1ccccc1. The normalized spacial score (nSPS) is 17.8. The zero-order chi connectivity index (χ0) is 14.5. The Morgan fingerprint density at radius 3 is 2.71 bits per heavy atom. The van der Waals surface area contributed by atoms with Crippen LogP contribution in [-0.2, 0) is 0 Å². The summed E-state index contributed by atoms with van der Waals surface area (Å²) < 4.78 is 1.95. The zero-order valence-corrected chi connectivity index (χ0v) is 12.7. The second kappa shape index (κ2) is 7.04. The van der Waals surface area contributed by atoms with Crippen LogP contribution in [0, 0.1) is 0 Å². The van der Waals surface area contributed by atoms with E-state index in [9.17, 15) is 5.11 Å². The number of rotatable bonds is 5. The highest BCUT2D eigenvalue weighted by molar-refractivity contribution is 7.99. The smallest absolute Gasteiger partial charge is 0.209 e. The molecule has 1 aromatic carbocycles. The van der Waals surface area contributed by atoms with Gasteiger partial charge in [0, 0.05) is 5.75 Å². The van der Waals surface area contributed by atoms with E-state index in [4.69, 9.17) is 0 Å². The molecule has 1 saturated carbocycles. The summed E-state index contributed by atoms with van der Waals surface area (Å²) in [6.45, 7) is 0. The molecule has 5 nitrogen and oxygen atoms in total. The average molecular weight is 304 g/mol. The van der Waals surface area contributed by atoms with Gasteiger partial charge in [0.25, 0.3) is 0 Å². The molecule has 1 aliphatic carbocycles. The number of aliphatic hydroxyl groups is 1. The highest BCUT2D eigenvalue weighted by Gasteiger charge is 2.21. The second-order valence-electron chi connectivity index (χ2n) is 5.44. The highest BCUT2D eigenvalue weighted by Crippen LogP contribution is 2.31. The standard InChI is InChI=1S/C15H20N4OS/c20-14(12-7-3-1-4-8-12)11-21-15-16-17-18-19(15)13-9-5-2-6-10-13/h1,3-4,7-8,13-14,20H,2,5-6,9-11H2/t14-/m1/s1. The maximum atomic E-state index is 10.2. The van der Waals surface area contributed by atoms with Gasteiger partial charge in [-0.2, -0.15) is 0 Å². The molecule has 1 heterocycles. The van der Waals surface area contributed by atoms with E-state index in [1.807, 2.05) is 35.0 Å². The summed E-state index contributed by atoms with van der Waals surface area (Å²) in [5.74, 6) is 0.567. The number of aliphatic hydroxyl groups excluding tert-OH is 1. The Morgan fingerprint density at radius 2 is 1.95 bits per heavy atom. The Bertz CT molecular complexity index is 554. The van der Waals surface area contributed by atoms with Crippen LogP contribution in [0.25, 0.3) is 0 Å². The quantitative estimate of drug-likeness (QED) is 0.860. The number of hydrogen-bond donors (Lipinski definition) is 1. The van der Waals surface area contributed by atoms with Crippen LogP contribution in [0.2, 0.25) is 0 Å². The van der Waals surface area contributed by atoms with Crippen molar-refractivity contribution in [1.82, 2.24) is 20.2 Å². The first kappa shape index (κ1) is 14.5. The van der Waals surface area contributed by atoms with Crippen molar-refractivity contribution in [2.45, 2.75) is 49.4 Å². The number of benzene rings is 1. The summed E-state index contributed by atoms with van der Waals surface area (Å²) in [6, 6.07) is 10.1. The van der Waals surface area contributed by atoms with Crippen molar-refractivity contribution < 1.29 is 5.11 Å². The van der Waals surface area contributed by atoms with Gasteiger partial charge >= 0.3 is 0 Å². The van der Waals surface area contributed by atoms with Crippen LogP contribution in [0.4, 0.5) is 0 Å². The van der Waals surface area contributed by atoms with Crippen LogP contribution in [0.3, 0.4) is 0 Å². The van der Waals surface area contributed by atoms with Crippen LogP contribution in [0.5, 0.6) is 0 Å². The predicted octanol–water partition coefficient (Wildman–Crippen LogP) is 3.00. The molecule has 1 atom stereocenters. The minimum Gasteiger partial charge on any atom is -0.388 e. The van der Waals surface area contributed by atoms with E-state index in [1.54, 1.807) is 0 Å². The molecule has 1 aromatic heterocycles. The van der Waals surface area contributed by atoms with Crippen molar-refractivity contribution in [3.8, 4) is 0 Å². The number of tetrazole rings is 1. The van der Waals surface area contributed by atoms with E-state index < -0.39 is 6.10 Å². The Morgan fingerprint density at radius 1 is 1.19 bits per heavy atom. The van der Waals surface area contributed by atoms with Crippen LogP contribution in [-0.4, -0.2) is 31.1 Å². The van der Waals surface area contributed by atoms with Crippen LogP contribution in [0.15, 0.2) is 35.5 Å². The summed E-state index contributed by atoms with van der Waals surface area (Å²) in [6.07, 6.45) is 5.63. The summed E-state index contributed by atoms with van der Waals surface area (Å²) >= 11 is 1.53. The van der Waals surface area contributed by atoms with E-state index in [0.717, 1.165) is 23.6 Å². The molecule has 0 radical (unpaired) electrons. The fourth-order valence-corrected chi connectivity index (χ4v) is 3.67.